The molecule has 92 valence electrons. The van der Waals surface area contributed by atoms with E-state index in [0.29, 0.717) is 18.9 Å². The minimum Gasteiger partial charge on any atom is -0.368 e. The van der Waals surface area contributed by atoms with Gasteiger partial charge in [0, 0.05) is 13.0 Å². The fraction of sp³-hybridized carbons (Fsp3) is 0.462. The van der Waals surface area contributed by atoms with Crippen LogP contribution in [0.1, 0.15) is 19.4 Å². The molecule has 0 fully saturated rings. The summed E-state index contributed by atoms with van der Waals surface area (Å²) in [5.74, 6) is 6.04. The van der Waals surface area contributed by atoms with Crippen molar-refractivity contribution in [1.29, 1.82) is 0 Å². The van der Waals surface area contributed by atoms with Crippen LogP contribution in [0.15, 0.2) is 24.3 Å². The standard InChI is InChI=1S/C13H18N2O2/c1-9(2)8-17-12-7-10-5-3-4-6-11(10)15(14)13(12)16/h3-6,9,12H,7-8,14H2,1-2H3/t12-/m0/s1. The molecule has 0 bridgehead atoms. The Labute approximate surface area is 101 Å². The first-order valence-corrected chi connectivity index (χ1v) is 5.87. The number of hydrazine groups is 1. The van der Waals surface area contributed by atoms with E-state index >= 15 is 0 Å². The topological polar surface area (TPSA) is 55.6 Å². The molecule has 1 aromatic carbocycles. The highest BCUT2D eigenvalue weighted by Crippen LogP contribution is 2.26. The number of hydrogen-bond donors (Lipinski definition) is 1. The maximum atomic E-state index is 12.0. The zero-order chi connectivity index (χ0) is 12.4. The first kappa shape index (κ1) is 12.1. The van der Waals surface area contributed by atoms with Gasteiger partial charge >= 0.3 is 0 Å². The first-order chi connectivity index (χ1) is 8.09. The molecule has 2 rings (SSSR count). The second-order valence-electron chi connectivity index (χ2n) is 4.76. The second-order valence-corrected chi connectivity index (χ2v) is 4.76. The molecule has 1 aliphatic rings. The van der Waals surface area contributed by atoms with Gasteiger partial charge in [-0.3, -0.25) is 4.79 Å². The molecule has 1 amide bonds. The summed E-state index contributed by atoms with van der Waals surface area (Å²) in [6, 6.07) is 7.66. The molecular weight excluding hydrogens is 216 g/mol. The number of carbonyl (C=O) groups is 1. The maximum absolute atomic E-state index is 12.0. The molecule has 17 heavy (non-hydrogen) atoms. The average Bonchev–Trinajstić information content (AvgIpc) is 2.32. The highest BCUT2D eigenvalue weighted by molar-refractivity contribution is 5.98. The van der Waals surface area contributed by atoms with Gasteiger partial charge in [0.05, 0.1) is 5.69 Å². The number of fused-ring (bicyclic) bond motifs is 1. The number of rotatable bonds is 3. The normalized spacial score (nSPS) is 19.6. The molecule has 0 unspecified atom stereocenters. The van der Waals surface area contributed by atoms with Gasteiger partial charge in [0.15, 0.2) is 0 Å². The van der Waals surface area contributed by atoms with Crippen LogP contribution in [0.25, 0.3) is 0 Å². The Kier molecular flexibility index (Phi) is 3.45. The summed E-state index contributed by atoms with van der Waals surface area (Å²) in [6.45, 7) is 4.69. The molecule has 2 N–H and O–H groups in total. The molecule has 0 aromatic heterocycles. The van der Waals surface area contributed by atoms with E-state index < -0.39 is 6.10 Å². The Morgan fingerprint density at radius 2 is 2.18 bits per heavy atom. The molecule has 1 atom stereocenters. The molecule has 1 aliphatic heterocycles. The van der Waals surface area contributed by atoms with Crippen LogP contribution in [0.3, 0.4) is 0 Å². The summed E-state index contributed by atoms with van der Waals surface area (Å²) < 4.78 is 5.61. The fourth-order valence-electron chi connectivity index (χ4n) is 1.92. The minimum absolute atomic E-state index is 0.163. The summed E-state index contributed by atoms with van der Waals surface area (Å²) in [5, 5.41) is 1.20. The van der Waals surface area contributed by atoms with Crippen molar-refractivity contribution in [1.82, 2.24) is 0 Å². The van der Waals surface area contributed by atoms with Crippen LogP contribution >= 0.6 is 0 Å². The van der Waals surface area contributed by atoms with Gasteiger partial charge in [0.2, 0.25) is 0 Å². The number of hydrogen-bond acceptors (Lipinski definition) is 3. The Balaban J connectivity index is 2.16. The fourth-order valence-corrected chi connectivity index (χ4v) is 1.92. The van der Waals surface area contributed by atoms with Crippen molar-refractivity contribution in [3.63, 3.8) is 0 Å². The van der Waals surface area contributed by atoms with E-state index in [-0.39, 0.29) is 5.91 Å². The van der Waals surface area contributed by atoms with E-state index in [9.17, 15) is 4.79 Å². The number of para-hydroxylation sites is 1. The smallest absolute Gasteiger partial charge is 0.270 e. The van der Waals surface area contributed by atoms with Gasteiger partial charge in [0.25, 0.3) is 5.91 Å². The van der Waals surface area contributed by atoms with E-state index in [1.165, 1.54) is 5.01 Å². The van der Waals surface area contributed by atoms with Crippen LogP contribution in [0.2, 0.25) is 0 Å². The minimum atomic E-state index is -0.447. The Morgan fingerprint density at radius 1 is 1.47 bits per heavy atom. The van der Waals surface area contributed by atoms with Gasteiger partial charge in [-0.2, -0.15) is 0 Å². The van der Waals surface area contributed by atoms with Crippen LogP contribution < -0.4 is 10.9 Å². The highest BCUT2D eigenvalue weighted by Gasteiger charge is 2.31. The maximum Gasteiger partial charge on any atom is 0.270 e. The molecular formula is C13H18N2O2. The van der Waals surface area contributed by atoms with Gasteiger partial charge in [-0.25, -0.2) is 10.9 Å². The quantitative estimate of drug-likeness (QED) is 0.637. The molecule has 0 aliphatic carbocycles. The Bertz CT molecular complexity index is 418. The van der Waals surface area contributed by atoms with E-state index in [2.05, 4.69) is 13.8 Å². The highest BCUT2D eigenvalue weighted by atomic mass is 16.5. The third kappa shape index (κ3) is 2.48. The number of carbonyl (C=O) groups excluding carboxylic acids is 1. The van der Waals surface area contributed by atoms with Crippen LogP contribution in [0.4, 0.5) is 5.69 Å². The molecule has 4 nitrogen and oxygen atoms in total. The lowest BCUT2D eigenvalue weighted by Gasteiger charge is -2.31. The van der Waals surface area contributed by atoms with Gasteiger partial charge in [-0.1, -0.05) is 32.0 Å². The molecule has 0 radical (unpaired) electrons. The van der Waals surface area contributed by atoms with Crippen molar-refractivity contribution in [3.8, 4) is 0 Å². The molecule has 4 heteroatoms. The van der Waals surface area contributed by atoms with Gasteiger partial charge in [0.1, 0.15) is 6.10 Å². The molecule has 1 heterocycles. The molecule has 0 saturated carbocycles. The largest absolute Gasteiger partial charge is 0.368 e. The second kappa shape index (κ2) is 4.85. The number of nitrogens with two attached hydrogens (primary N) is 1. The molecule has 1 aromatic rings. The zero-order valence-electron chi connectivity index (χ0n) is 10.2. The predicted molar refractivity (Wildman–Crippen MR) is 66.4 cm³/mol. The third-order valence-electron chi connectivity index (χ3n) is 2.80. The number of anilines is 1. The van der Waals surface area contributed by atoms with Crippen molar-refractivity contribution in [2.45, 2.75) is 26.4 Å². The van der Waals surface area contributed by atoms with E-state index in [4.69, 9.17) is 10.6 Å². The lowest BCUT2D eigenvalue weighted by atomic mass is 10.0. The molecule has 0 saturated heterocycles. The summed E-state index contributed by atoms with van der Waals surface area (Å²) in [4.78, 5) is 12.0. The first-order valence-electron chi connectivity index (χ1n) is 5.87. The van der Waals surface area contributed by atoms with Crippen LogP contribution in [-0.4, -0.2) is 18.6 Å². The summed E-state index contributed by atoms with van der Waals surface area (Å²) >= 11 is 0. The van der Waals surface area contributed by atoms with Crippen molar-refractivity contribution in [2.75, 3.05) is 11.6 Å². The van der Waals surface area contributed by atoms with Crippen LogP contribution in [-0.2, 0) is 16.0 Å². The van der Waals surface area contributed by atoms with Crippen molar-refractivity contribution < 1.29 is 9.53 Å². The van der Waals surface area contributed by atoms with E-state index in [0.717, 1.165) is 11.3 Å². The SMILES string of the molecule is CC(C)CO[C@H]1Cc2ccccc2N(N)C1=O. The third-order valence-corrected chi connectivity index (χ3v) is 2.80. The van der Waals surface area contributed by atoms with Gasteiger partial charge < -0.3 is 4.74 Å². The Hall–Kier alpha value is -1.39. The Morgan fingerprint density at radius 3 is 2.88 bits per heavy atom. The predicted octanol–water partition coefficient (Wildman–Crippen LogP) is 1.49. The summed E-state index contributed by atoms with van der Waals surface area (Å²) in [5.41, 5.74) is 1.84. The summed E-state index contributed by atoms with van der Waals surface area (Å²) in [6.07, 6.45) is 0.160. The lowest BCUT2D eigenvalue weighted by Crippen LogP contribution is -2.49. The van der Waals surface area contributed by atoms with Crippen molar-refractivity contribution in [2.24, 2.45) is 11.8 Å². The average molecular weight is 234 g/mol. The monoisotopic (exact) mass is 234 g/mol. The van der Waals surface area contributed by atoms with Crippen LogP contribution in [0, 0.1) is 5.92 Å². The van der Waals surface area contributed by atoms with Crippen molar-refractivity contribution in [3.05, 3.63) is 29.8 Å². The summed E-state index contributed by atoms with van der Waals surface area (Å²) in [7, 11) is 0. The van der Waals surface area contributed by atoms with E-state index in [1.54, 1.807) is 0 Å². The van der Waals surface area contributed by atoms with Crippen molar-refractivity contribution >= 4 is 11.6 Å². The number of ether oxygens (including phenoxy) is 1. The van der Waals surface area contributed by atoms with Gasteiger partial charge in [-0.15, -0.1) is 0 Å². The number of benzene rings is 1. The van der Waals surface area contributed by atoms with Gasteiger partial charge in [-0.05, 0) is 17.5 Å². The zero-order valence-corrected chi connectivity index (χ0v) is 10.2. The van der Waals surface area contributed by atoms with Crippen LogP contribution in [0.5, 0.6) is 0 Å². The molecule has 0 spiro atoms. The number of amides is 1. The lowest BCUT2D eigenvalue weighted by molar-refractivity contribution is -0.131. The number of nitrogens with zero attached hydrogens (tertiary/aromatic N) is 1. The van der Waals surface area contributed by atoms with E-state index in [1.807, 2.05) is 24.3 Å².